The smallest absolute Gasteiger partial charge is 0.387 e. The van der Waals surface area contributed by atoms with E-state index in [1.807, 2.05) is 6.08 Å². The molecule has 0 bridgehead atoms. The van der Waals surface area contributed by atoms with Crippen molar-refractivity contribution in [2.24, 2.45) is 5.73 Å². The first-order chi connectivity index (χ1) is 28.9. The minimum Gasteiger partial charge on any atom is -0.387 e. The maximum Gasteiger partial charge on any atom is 0.472 e. The Morgan fingerprint density at radius 1 is 0.576 bits per heavy atom. The van der Waals surface area contributed by atoms with Crippen LogP contribution in [0, 0.1) is 0 Å². The van der Waals surface area contributed by atoms with Crippen LogP contribution in [0.25, 0.3) is 0 Å². The standard InChI is InChI=1S/C50H85N2O6P/c1-3-5-7-9-11-13-15-17-19-21-23-24-26-28-30-32-34-36-38-40-42-44-50(54)52-48(47-58-59(55,56)57-46-45-51)49(53)43-41-39-37-35-33-31-29-27-25-22-20-18-16-14-12-10-8-6-4-2/h5,7,11,13,17,19,23-25,27-28,30,33-36,41,43,48-49,53H,3-4,6,8-10,12,14-16,18,20-22,26,29,31-32,37-40,42,44-47,51H2,1-2H3,(H,52,54)(H,55,56)/b7-5-,13-11-,19-17-,24-23-,27-25+,30-28-,35-33+,36-34-,43-41+. The van der Waals surface area contributed by atoms with Gasteiger partial charge in [0.05, 0.1) is 25.4 Å². The minimum absolute atomic E-state index is 0.0581. The fraction of sp³-hybridized carbons (Fsp3) is 0.620. The summed E-state index contributed by atoms with van der Waals surface area (Å²) in [6.45, 7) is 3.93. The van der Waals surface area contributed by atoms with Gasteiger partial charge in [0.25, 0.3) is 0 Å². The summed E-state index contributed by atoms with van der Waals surface area (Å²) in [6, 6.07) is -0.915. The maximum absolute atomic E-state index is 12.8. The second-order valence-corrected chi connectivity index (χ2v) is 16.3. The summed E-state index contributed by atoms with van der Waals surface area (Å²) in [7, 11) is -4.37. The van der Waals surface area contributed by atoms with E-state index < -0.39 is 20.0 Å². The number of carbonyl (C=O) groups is 1. The predicted molar refractivity (Wildman–Crippen MR) is 253 cm³/mol. The number of hydrogen-bond acceptors (Lipinski definition) is 6. The third-order valence-corrected chi connectivity index (χ3v) is 10.3. The van der Waals surface area contributed by atoms with Gasteiger partial charge in [0.1, 0.15) is 0 Å². The number of allylic oxidation sites excluding steroid dienone is 17. The van der Waals surface area contributed by atoms with E-state index in [2.05, 4.69) is 116 Å². The molecule has 0 aliphatic carbocycles. The van der Waals surface area contributed by atoms with Gasteiger partial charge in [-0.05, 0) is 96.3 Å². The fourth-order valence-corrected chi connectivity index (χ4v) is 6.63. The Bertz CT molecular complexity index is 1280. The summed E-state index contributed by atoms with van der Waals surface area (Å²) in [5.74, 6) is -0.255. The third-order valence-electron chi connectivity index (χ3n) is 9.31. The molecule has 0 spiro atoms. The van der Waals surface area contributed by atoms with Crippen molar-refractivity contribution < 1.29 is 28.4 Å². The number of phosphoric ester groups is 1. The molecule has 336 valence electrons. The van der Waals surface area contributed by atoms with E-state index in [1.165, 1.54) is 64.2 Å². The number of aliphatic hydroxyl groups excluding tert-OH is 1. The minimum atomic E-state index is -4.37. The van der Waals surface area contributed by atoms with E-state index in [-0.39, 0.29) is 32.1 Å². The van der Waals surface area contributed by atoms with Crippen LogP contribution in [0.15, 0.2) is 109 Å². The van der Waals surface area contributed by atoms with Gasteiger partial charge >= 0.3 is 7.82 Å². The van der Waals surface area contributed by atoms with Crippen molar-refractivity contribution >= 4 is 13.7 Å². The molecule has 0 aromatic carbocycles. The molecular formula is C50H85N2O6P. The highest BCUT2D eigenvalue weighted by Crippen LogP contribution is 2.43. The van der Waals surface area contributed by atoms with Gasteiger partial charge < -0.3 is 21.1 Å². The van der Waals surface area contributed by atoms with Crippen LogP contribution in [0.4, 0.5) is 0 Å². The number of phosphoric acid groups is 1. The molecule has 8 nitrogen and oxygen atoms in total. The molecule has 0 aromatic rings. The number of nitrogens with two attached hydrogens (primary N) is 1. The lowest BCUT2D eigenvalue weighted by atomic mass is 10.1. The van der Waals surface area contributed by atoms with Crippen LogP contribution in [0.1, 0.15) is 168 Å². The summed E-state index contributed by atoms with van der Waals surface area (Å²) in [6.07, 6.45) is 62.9. The maximum atomic E-state index is 12.8. The molecule has 5 N–H and O–H groups in total. The SMILES string of the molecule is CC/C=C\C/C=C\C/C=C\C/C=C\C/C=C\C/C=C\CCCCC(=O)NC(COP(=O)(O)OCCN)C(O)/C=C/CC/C=C/CC/C=C/CCCCCCCCCCC. The van der Waals surface area contributed by atoms with E-state index in [4.69, 9.17) is 14.8 Å². The zero-order valence-electron chi connectivity index (χ0n) is 37.2. The van der Waals surface area contributed by atoms with Crippen molar-refractivity contribution in [2.75, 3.05) is 19.8 Å². The zero-order chi connectivity index (χ0) is 43.2. The normalized spacial score (nSPS) is 15.0. The molecule has 59 heavy (non-hydrogen) atoms. The molecule has 0 saturated carbocycles. The first-order valence-electron chi connectivity index (χ1n) is 23.0. The first kappa shape index (κ1) is 56.2. The third kappa shape index (κ3) is 43.1. The molecular weight excluding hydrogens is 756 g/mol. The highest BCUT2D eigenvalue weighted by Gasteiger charge is 2.26. The molecule has 1 amide bonds. The molecule has 3 unspecified atom stereocenters. The molecule has 0 aromatic heterocycles. The molecule has 0 heterocycles. The van der Waals surface area contributed by atoms with E-state index in [0.717, 1.165) is 77.0 Å². The van der Waals surface area contributed by atoms with E-state index in [9.17, 15) is 19.4 Å². The number of amides is 1. The Balaban J connectivity index is 4.39. The highest BCUT2D eigenvalue weighted by molar-refractivity contribution is 7.47. The zero-order valence-corrected chi connectivity index (χ0v) is 38.1. The highest BCUT2D eigenvalue weighted by atomic mass is 31.2. The number of rotatable bonds is 41. The van der Waals surface area contributed by atoms with E-state index >= 15 is 0 Å². The summed E-state index contributed by atoms with van der Waals surface area (Å²) in [5, 5.41) is 13.6. The Morgan fingerprint density at radius 3 is 1.51 bits per heavy atom. The molecule has 0 fully saturated rings. The molecule has 0 aliphatic heterocycles. The Kier molecular flexibility index (Phi) is 42.6. The van der Waals surface area contributed by atoms with Crippen LogP contribution in [0.3, 0.4) is 0 Å². The molecule has 0 rings (SSSR count). The van der Waals surface area contributed by atoms with E-state index in [0.29, 0.717) is 6.42 Å². The monoisotopic (exact) mass is 841 g/mol. The summed E-state index contributed by atoms with van der Waals surface area (Å²) in [5.41, 5.74) is 5.37. The Morgan fingerprint density at radius 2 is 1.00 bits per heavy atom. The average Bonchev–Trinajstić information content (AvgIpc) is 3.22. The Labute approximate surface area is 361 Å². The first-order valence-corrected chi connectivity index (χ1v) is 24.5. The molecule has 0 radical (unpaired) electrons. The van der Waals surface area contributed by atoms with Crippen molar-refractivity contribution in [2.45, 2.75) is 180 Å². The average molecular weight is 841 g/mol. The topological polar surface area (TPSA) is 131 Å². The number of hydrogen-bond donors (Lipinski definition) is 4. The Hall–Kier alpha value is -2.84. The van der Waals surface area contributed by atoms with Gasteiger partial charge in [-0.15, -0.1) is 0 Å². The van der Waals surface area contributed by atoms with Crippen LogP contribution in [0.5, 0.6) is 0 Å². The predicted octanol–water partition coefficient (Wildman–Crippen LogP) is 13.3. The quantitative estimate of drug-likeness (QED) is 0.0274. The van der Waals surface area contributed by atoms with Crippen molar-refractivity contribution in [1.82, 2.24) is 5.32 Å². The van der Waals surface area contributed by atoms with E-state index in [1.54, 1.807) is 6.08 Å². The van der Waals surface area contributed by atoms with Gasteiger partial charge in [-0.1, -0.05) is 175 Å². The van der Waals surface area contributed by atoms with Crippen LogP contribution in [0.2, 0.25) is 0 Å². The van der Waals surface area contributed by atoms with Crippen molar-refractivity contribution in [3.63, 3.8) is 0 Å². The van der Waals surface area contributed by atoms with Gasteiger partial charge in [-0.2, -0.15) is 0 Å². The molecule has 0 saturated heterocycles. The number of aliphatic hydroxyl groups is 1. The summed E-state index contributed by atoms with van der Waals surface area (Å²) >= 11 is 0. The van der Waals surface area contributed by atoms with Crippen molar-refractivity contribution in [3.05, 3.63) is 109 Å². The second kappa shape index (κ2) is 44.7. The number of nitrogens with one attached hydrogen (secondary N) is 1. The van der Waals surface area contributed by atoms with Crippen molar-refractivity contribution in [3.8, 4) is 0 Å². The lowest BCUT2D eigenvalue weighted by molar-refractivity contribution is -0.123. The van der Waals surface area contributed by atoms with Crippen LogP contribution in [-0.4, -0.2) is 47.8 Å². The summed E-state index contributed by atoms with van der Waals surface area (Å²) in [4.78, 5) is 22.7. The van der Waals surface area contributed by atoms with Gasteiger partial charge in [0.15, 0.2) is 0 Å². The fourth-order valence-electron chi connectivity index (χ4n) is 5.87. The lowest BCUT2D eigenvalue weighted by Gasteiger charge is -2.23. The second-order valence-electron chi connectivity index (χ2n) is 14.9. The van der Waals surface area contributed by atoms with Gasteiger partial charge in [0.2, 0.25) is 5.91 Å². The molecule has 3 atom stereocenters. The van der Waals surface area contributed by atoms with Crippen LogP contribution < -0.4 is 11.1 Å². The summed E-state index contributed by atoms with van der Waals surface area (Å²) < 4.78 is 22.1. The van der Waals surface area contributed by atoms with Crippen LogP contribution >= 0.6 is 7.82 Å². The number of unbranched alkanes of at least 4 members (excludes halogenated alkanes) is 13. The molecule has 9 heteroatoms. The van der Waals surface area contributed by atoms with Gasteiger partial charge in [-0.25, -0.2) is 4.57 Å². The largest absolute Gasteiger partial charge is 0.472 e. The number of carbonyl (C=O) groups excluding carboxylic acids is 1. The molecule has 0 aliphatic rings. The van der Waals surface area contributed by atoms with Crippen molar-refractivity contribution in [1.29, 1.82) is 0 Å². The van der Waals surface area contributed by atoms with Gasteiger partial charge in [-0.3, -0.25) is 13.8 Å². The van der Waals surface area contributed by atoms with Gasteiger partial charge in [0, 0.05) is 13.0 Å². The lowest BCUT2D eigenvalue weighted by Crippen LogP contribution is -2.45. The van der Waals surface area contributed by atoms with Crippen LogP contribution in [-0.2, 0) is 18.4 Å².